The molecule has 1 amide bonds. The first kappa shape index (κ1) is 21.3. The molecule has 0 spiro atoms. The van der Waals surface area contributed by atoms with E-state index in [1.54, 1.807) is 36.4 Å². The van der Waals surface area contributed by atoms with Gasteiger partial charge in [-0.1, -0.05) is 55.5 Å². The molecule has 1 saturated heterocycles. The van der Waals surface area contributed by atoms with E-state index < -0.39 is 23.5 Å². The van der Waals surface area contributed by atoms with Gasteiger partial charge in [0, 0.05) is 12.1 Å². The minimum atomic E-state index is -0.855. The van der Waals surface area contributed by atoms with E-state index in [2.05, 4.69) is 0 Å². The minimum Gasteiger partial charge on any atom is -0.508 e. The number of benzene rings is 3. The third-order valence-corrected chi connectivity index (χ3v) is 5.65. The number of carbonyl (C=O) groups is 2. The summed E-state index contributed by atoms with van der Waals surface area (Å²) in [4.78, 5) is 27.4. The molecule has 162 valence electrons. The predicted molar refractivity (Wildman–Crippen MR) is 118 cm³/mol. The minimum absolute atomic E-state index is 0.0213. The molecular weight excluding hydrogens is 409 g/mol. The molecule has 1 atom stereocenters. The molecule has 0 aliphatic carbocycles. The number of phenolic OH excluding ortho intramolecular Hbond substituents is 1. The summed E-state index contributed by atoms with van der Waals surface area (Å²) in [6.45, 7) is 2.07. The second-order valence-electron chi connectivity index (χ2n) is 7.70. The fourth-order valence-corrected chi connectivity index (χ4v) is 3.89. The van der Waals surface area contributed by atoms with Crippen molar-refractivity contribution < 1.29 is 24.2 Å². The molecule has 1 aliphatic rings. The van der Waals surface area contributed by atoms with E-state index in [4.69, 9.17) is 0 Å². The number of nitrogens with zero attached hydrogens (tertiary/aromatic N) is 1. The fraction of sp³-hybridized carbons (Fsp3) is 0.154. The first-order valence-corrected chi connectivity index (χ1v) is 10.3. The first-order chi connectivity index (χ1) is 15.4. The Bertz CT molecular complexity index is 1180. The number of carbonyl (C=O) groups excluding carboxylic acids is 2. The maximum absolute atomic E-state index is 13.3. The summed E-state index contributed by atoms with van der Waals surface area (Å²) >= 11 is 0. The molecule has 1 aliphatic heterocycles. The number of aromatic hydroxyl groups is 1. The third kappa shape index (κ3) is 3.99. The summed E-state index contributed by atoms with van der Waals surface area (Å²) < 4.78 is 13.3. The number of amides is 1. The van der Waals surface area contributed by atoms with E-state index in [0.29, 0.717) is 16.7 Å². The second kappa shape index (κ2) is 8.67. The van der Waals surface area contributed by atoms with Gasteiger partial charge in [0.1, 0.15) is 17.3 Å². The summed E-state index contributed by atoms with van der Waals surface area (Å²) in [5.74, 6) is -2.16. The molecule has 4 rings (SSSR count). The van der Waals surface area contributed by atoms with Crippen molar-refractivity contribution in [2.45, 2.75) is 25.9 Å². The van der Waals surface area contributed by atoms with Gasteiger partial charge < -0.3 is 15.1 Å². The van der Waals surface area contributed by atoms with Gasteiger partial charge in [-0.05, 0) is 47.4 Å². The first-order valence-electron chi connectivity index (χ1n) is 10.3. The van der Waals surface area contributed by atoms with Crippen LogP contribution in [0.3, 0.4) is 0 Å². The Kier molecular flexibility index (Phi) is 5.77. The number of rotatable bonds is 5. The summed E-state index contributed by atoms with van der Waals surface area (Å²) in [6, 6.07) is 18.1. The molecular formula is C26H22FNO4. The van der Waals surface area contributed by atoms with Crippen LogP contribution in [-0.2, 0) is 22.6 Å². The van der Waals surface area contributed by atoms with Gasteiger partial charge in [0.15, 0.2) is 0 Å². The molecule has 1 fully saturated rings. The number of likely N-dealkylation sites (tertiary alicyclic amines) is 1. The van der Waals surface area contributed by atoms with E-state index in [0.717, 1.165) is 12.0 Å². The second-order valence-corrected chi connectivity index (χ2v) is 7.70. The quantitative estimate of drug-likeness (QED) is 0.348. The van der Waals surface area contributed by atoms with Gasteiger partial charge in [-0.25, -0.2) is 4.39 Å². The van der Waals surface area contributed by atoms with Crippen LogP contribution >= 0.6 is 0 Å². The lowest BCUT2D eigenvalue weighted by Crippen LogP contribution is -2.29. The van der Waals surface area contributed by atoms with Crippen LogP contribution < -0.4 is 0 Å². The number of aryl methyl sites for hydroxylation is 1. The van der Waals surface area contributed by atoms with Crippen LogP contribution in [0, 0.1) is 5.82 Å². The van der Waals surface area contributed by atoms with Crippen LogP contribution in [0.1, 0.15) is 35.2 Å². The van der Waals surface area contributed by atoms with Gasteiger partial charge in [0.25, 0.3) is 11.7 Å². The SMILES string of the molecule is CCc1ccc(/C(O)=C2/C(=O)C(=O)N(Cc3ccc(F)cc3)C2c2ccc(O)cc2)cc1. The predicted octanol–water partition coefficient (Wildman–Crippen LogP) is 4.72. The number of halogens is 1. The summed E-state index contributed by atoms with van der Waals surface area (Å²) in [6.07, 6.45) is 0.830. The standard InChI is InChI=1S/C26H22FNO4/c1-2-16-3-7-19(8-4-16)24(30)22-23(18-9-13-21(29)14-10-18)28(26(32)25(22)31)15-17-5-11-20(27)12-6-17/h3-14,23,29-30H,2,15H2,1H3/b24-22-. The van der Waals surface area contributed by atoms with E-state index >= 15 is 0 Å². The smallest absolute Gasteiger partial charge is 0.295 e. The summed E-state index contributed by atoms with van der Waals surface area (Å²) in [5.41, 5.74) is 2.70. The van der Waals surface area contributed by atoms with Crippen LogP contribution in [0.15, 0.2) is 78.4 Å². The highest BCUT2D eigenvalue weighted by Gasteiger charge is 2.46. The molecule has 0 bridgehead atoms. The molecule has 2 N–H and O–H groups in total. The van der Waals surface area contributed by atoms with Crippen molar-refractivity contribution in [3.63, 3.8) is 0 Å². The third-order valence-electron chi connectivity index (χ3n) is 5.65. The lowest BCUT2D eigenvalue weighted by Gasteiger charge is -2.25. The van der Waals surface area contributed by atoms with E-state index in [-0.39, 0.29) is 23.6 Å². The number of Topliss-reactive ketones (excluding diaryl/α,β-unsaturated/α-hetero) is 1. The van der Waals surface area contributed by atoms with Crippen molar-refractivity contribution in [2.24, 2.45) is 0 Å². The van der Waals surface area contributed by atoms with Crippen LogP contribution in [0.2, 0.25) is 0 Å². The lowest BCUT2D eigenvalue weighted by molar-refractivity contribution is -0.140. The molecule has 5 nitrogen and oxygen atoms in total. The van der Waals surface area contributed by atoms with Crippen molar-refractivity contribution in [1.82, 2.24) is 4.90 Å². The molecule has 1 unspecified atom stereocenters. The average Bonchev–Trinajstić information content (AvgIpc) is 3.05. The van der Waals surface area contributed by atoms with Crippen molar-refractivity contribution in [3.8, 4) is 5.75 Å². The highest BCUT2D eigenvalue weighted by atomic mass is 19.1. The zero-order chi connectivity index (χ0) is 22.8. The number of ketones is 1. The van der Waals surface area contributed by atoms with Crippen LogP contribution in [0.25, 0.3) is 5.76 Å². The average molecular weight is 431 g/mol. The summed E-state index contributed by atoms with van der Waals surface area (Å²) in [7, 11) is 0. The Hall–Kier alpha value is -3.93. The van der Waals surface area contributed by atoms with Gasteiger partial charge in [-0.2, -0.15) is 0 Å². The Morgan fingerprint density at radius 3 is 2.09 bits per heavy atom. The molecule has 1 heterocycles. The van der Waals surface area contributed by atoms with Crippen molar-refractivity contribution in [2.75, 3.05) is 0 Å². The van der Waals surface area contributed by atoms with E-state index in [9.17, 15) is 24.2 Å². The maximum atomic E-state index is 13.3. The molecule has 3 aromatic carbocycles. The molecule has 6 heteroatoms. The number of hydrogen-bond acceptors (Lipinski definition) is 4. The highest BCUT2D eigenvalue weighted by Crippen LogP contribution is 2.40. The Labute approximate surface area is 185 Å². The number of aliphatic hydroxyl groups excluding tert-OH is 1. The number of aliphatic hydroxyl groups is 1. The largest absolute Gasteiger partial charge is 0.508 e. The maximum Gasteiger partial charge on any atom is 0.295 e. The Morgan fingerprint density at radius 2 is 1.50 bits per heavy atom. The lowest BCUT2D eigenvalue weighted by atomic mass is 9.94. The van der Waals surface area contributed by atoms with Gasteiger partial charge in [-0.3, -0.25) is 9.59 Å². The number of hydrogen-bond donors (Lipinski definition) is 2. The monoisotopic (exact) mass is 431 g/mol. The molecule has 32 heavy (non-hydrogen) atoms. The van der Waals surface area contributed by atoms with E-state index in [1.165, 1.54) is 29.2 Å². The molecule has 0 saturated carbocycles. The molecule has 0 aromatic heterocycles. The zero-order valence-electron chi connectivity index (χ0n) is 17.5. The fourth-order valence-electron chi connectivity index (χ4n) is 3.89. The van der Waals surface area contributed by atoms with Crippen LogP contribution in [-0.4, -0.2) is 26.8 Å². The Balaban J connectivity index is 1.83. The molecule has 0 radical (unpaired) electrons. The summed E-state index contributed by atoms with van der Waals surface area (Å²) in [5, 5.41) is 20.7. The van der Waals surface area contributed by atoms with Crippen LogP contribution in [0.4, 0.5) is 4.39 Å². The van der Waals surface area contributed by atoms with Crippen molar-refractivity contribution >= 4 is 17.4 Å². The van der Waals surface area contributed by atoms with Gasteiger partial charge in [0.2, 0.25) is 0 Å². The topological polar surface area (TPSA) is 77.8 Å². The normalized spacial score (nSPS) is 17.7. The van der Waals surface area contributed by atoms with Gasteiger partial charge in [0.05, 0.1) is 11.6 Å². The van der Waals surface area contributed by atoms with Gasteiger partial charge in [-0.15, -0.1) is 0 Å². The van der Waals surface area contributed by atoms with Crippen molar-refractivity contribution in [3.05, 3.63) is 106 Å². The molecule has 3 aromatic rings. The van der Waals surface area contributed by atoms with Gasteiger partial charge >= 0.3 is 0 Å². The number of phenols is 1. The highest BCUT2D eigenvalue weighted by molar-refractivity contribution is 6.46. The van der Waals surface area contributed by atoms with Crippen LogP contribution in [0.5, 0.6) is 5.75 Å². The zero-order valence-corrected chi connectivity index (χ0v) is 17.5. The Morgan fingerprint density at radius 1 is 0.906 bits per heavy atom. The van der Waals surface area contributed by atoms with Crippen molar-refractivity contribution in [1.29, 1.82) is 0 Å². The van der Waals surface area contributed by atoms with E-state index in [1.807, 2.05) is 19.1 Å².